The highest BCUT2D eigenvalue weighted by atomic mass is 16.5. The molecule has 0 spiro atoms. The second-order valence-electron chi connectivity index (χ2n) is 6.08. The molecule has 0 saturated heterocycles. The molecule has 124 valence electrons. The molecule has 0 amide bonds. The molecule has 0 bridgehead atoms. The normalized spacial score (nSPS) is 21.2. The fraction of sp³-hybridized carbons (Fsp3) is 0.529. The van der Waals surface area contributed by atoms with Crippen LogP contribution in [-0.2, 0) is 6.54 Å². The summed E-state index contributed by atoms with van der Waals surface area (Å²) < 4.78 is 12.6. The van der Waals surface area contributed by atoms with Gasteiger partial charge in [-0.15, -0.1) is 0 Å². The zero-order chi connectivity index (χ0) is 16.2. The van der Waals surface area contributed by atoms with E-state index in [1.54, 1.807) is 20.5 Å². The fourth-order valence-electron chi connectivity index (χ4n) is 3.24. The Morgan fingerprint density at radius 2 is 1.87 bits per heavy atom. The third-order valence-electron chi connectivity index (χ3n) is 4.56. The Kier molecular flexibility index (Phi) is 4.81. The zero-order valence-corrected chi connectivity index (χ0v) is 13.7. The van der Waals surface area contributed by atoms with Crippen LogP contribution in [0.1, 0.15) is 43.0 Å². The van der Waals surface area contributed by atoms with Crippen LogP contribution in [0.15, 0.2) is 24.5 Å². The molecule has 6 heteroatoms. The van der Waals surface area contributed by atoms with Gasteiger partial charge in [-0.05, 0) is 43.4 Å². The molecule has 1 aromatic carbocycles. The van der Waals surface area contributed by atoms with Crippen molar-refractivity contribution in [3.63, 3.8) is 0 Å². The van der Waals surface area contributed by atoms with Crippen LogP contribution in [0, 0.1) is 0 Å². The summed E-state index contributed by atoms with van der Waals surface area (Å²) in [5.74, 6) is 2.98. The van der Waals surface area contributed by atoms with Gasteiger partial charge in [0.1, 0.15) is 12.2 Å². The minimum atomic E-state index is 0.341. The Morgan fingerprint density at radius 1 is 1.13 bits per heavy atom. The smallest absolute Gasteiger partial charge is 0.161 e. The summed E-state index contributed by atoms with van der Waals surface area (Å²) in [4.78, 5) is 4.49. The largest absolute Gasteiger partial charge is 0.493 e. The standard InChI is InChI=1S/C17H24N4O2/c1-22-15-8-3-12(9-16(15)23-2)10-21-17(19-11-20-21)13-4-6-14(18)7-5-13/h3,8-9,11,13-14H,4-7,10,18H2,1-2H3. The molecule has 1 aliphatic rings. The number of hydrogen-bond acceptors (Lipinski definition) is 5. The van der Waals surface area contributed by atoms with Crippen molar-refractivity contribution >= 4 is 0 Å². The molecule has 0 radical (unpaired) electrons. The molecule has 2 N–H and O–H groups in total. The van der Waals surface area contributed by atoms with Crippen molar-refractivity contribution in [1.82, 2.24) is 14.8 Å². The first-order valence-electron chi connectivity index (χ1n) is 8.05. The van der Waals surface area contributed by atoms with E-state index in [9.17, 15) is 0 Å². The van der Waals surface area contributed by atoms with Crippen LogP contribution >= 0.6 is 0 Å². The van der Waals surface area contributed by atoms with Crippen LogP contribution in [0.5, 0.6) is 11.5 Å². The van der Waals surface area contributed by atoms with Crippen LogP contribution in [0.4, 0.5) is 0 Å². The molecular formula is C17H24N4O2. The number of benzene rings is 1. The third-order valence-corrected chi connectivity index (χ3v) is 4.56. The lowest BCUT2D eigenvalue weighted by atomic mass is 9.86. The highest BCUT2D eigenvalue weighted by Crippen LogP contribution is 2.32. The predicted molar refractivity (Wildman–Crippen MR) is 87.9 cm³/mol. The van der Waals surface area contributed by atoms with Crippen LogP contribution in [0.3, 0.4) is 0 Å². The van der Waals surface area contributed by atoms with Gasteiger partial charge in [0.05, 0.1) is 20.8 Å². The summed E-state index contributed by atoms with van der Waals surface area (Å²) in [6.45, 7) is 0.679. The van der Waals surface area contributed by atoms with Crippen molar-refractivity contribution in [2.75, 3.05) is 14.2 Å². The molecule has 1 aliphatic carbocycles. The molecule has 1 aromatic heterocycles. The van der Waals surface area contributed by atoms with Crippen molar-refractivity contribution in [2.24, 2.45) is 5.73 Å². The van der Waals surface area contributed by atoms with Gasteiger partial charge in [0.25, 0.3) is 0 Å². The summed E-state index contributed by atoms with van der Waals surface area (Å²) in [5.41, 5.74) is 7.12. The second kappa shape index (κ2) is 7.00. The minimum Gasteiger partial charge on any atom is -0.493 e. The third kappa shape index (κ3) is 3.47. The van der Waals surface area contributed by atoms with E-state index in [1.165, 1.54) is 0 Å². The Hall–Kier alpha value is -2.08. The number of nitrogens with zero attached hydrogens (tertiary/aromatic N) is 3. The molecule has 0 unspecified atom stereocenters. The van der Waals surface area contributed by atoms with Gasteiger partial charge in [-0.25, -0.2) is 9.67 Å². The van der Waals surface area contributed by atoms with Crippen LogP contribution in [0.2, 0.25) is 0 Å². The van der Waals surface area contributed by atoms with Gasteiger partial charge in [-0.2, -0.15) is 5.10 Å². The second-order valence-corrected chi connectivity index (χ2v) is 6.08. The molecule has 1 heterocycles. The Balaban J connectivity index is 1.77. The molecular weight excluding hydrogens is 292 g/mol. The number of ether oxygens (including phenoxy) is 2. The van der Waals surface area contributed by atoms with E-state index in [1.807, 2.05) is 22.9 Å². The number of hydrogen-bond donors (Lipinski definition) is 1. The van der Waals surface area contributed by atoms with E-state index >= 15 is 0 Å². The number of rotatable bonds is 5. The Bertz CT molecular complexity index is 648. The summed E-state index contributed by atoms with van der Waals surface area (Å²) >= 11 is 0. The summed E-state index contributed by atoms with van der Waals surface area (Å²) in [6, 6.07) is 6.28. The van der Waals surface area contributed by atoms with Crippen LogP contribution < -0.4 is 15.2 Å². The highest BCUT2D eigenvalue weighted by molar-refractivity contribution is 5.42. The topological polar surface area (TPSA) is 75.2 Å². The summed E-state index contributed by atoms with van der Waals surface area (Å²) in [7, 11) is 3.29. The summed E-state index contributed by atoms with van der Waals surface area (Å²) in [6.07, 6.45) is 5.95. The lowest BCUT2D eigenvalue weighted by Crippen LogP contribution is -2.27. The van der Waals surface area contributed by atoms with Crippen molar-refractivity contribution < 1.29 is 9.47 Å². The number of nitrogens with two attached hydrogens (primary N) is 1. The van der Waals surface area contributed by atoms with Gasteiger partial charge in [0, 0.05) is 12.0 Å². The average molecular weight is 316 g/mol. The van der Waals surface area contributed by atoms with E-state index in [-0.39, 0.29) is 0 Å². The first kappa shape index (κ1) is 15.8. The number of methoxy groups -OCH3 is 2. The number of aromatic nitrogens is 3. The van der Waals surface area contributed by atoms with Crippen LogP contribution in [0.25, 0.3) is 0 Å². The van der Waals surface area contributed by atoms with Crippen LogP contribution in [-0.4, -0.2) is 35.0 Å². The minimum absolute atomic E-state index is 0.341. The van der Waals surface area contributed by atoms with Gasteiger partial charge < -0.3 is 15.2 Å². The van der Waals surface area contributed by atoms with E-state index in [0.717, 1.165) is 48.6 Å². The molecule has 1 saturated carbocycles. The van der Waals surface area contributed by atoms with E-state index in [4.69, 9.17) is 15.2 Å². The molecule has 23 heavy (non-hydrogen) atoms. The van der Waals surface area contributed by atoms with Gasteiger partial charge in [0.2, 0.25) is 0 Å². The van der Waals surface area contributed by atoms with Gasteiger partial charge in [-0.3, -0.25) is 0 Å². The Morgan fingerprint density at radius 3 is 2.57 bits per heavy atom. The van der Waals surface area contributed by atoms with Gasteiger partial charge in [-0.1, -0.05) is 6.07 Å². The first-order valence-corrected chi connectivity index (χ1v) is 8.05. The van der Waals surface area contributed by atoms with Gasteiger partial charge >= 0.3 is 0 Å². The lowest BCUT2D eigenvalue weighted by molar-refractivity contribution is 0.354. The predicted octanol–water partition coefficient (Wildman–Crippen LogP) is 2.33. The average Bonchev–Trinajstić information content (AvgIpc) is 3.03. The molecule has 1 fully saturated rings. The van der Waals surface area contributed by atoms with E-state index in [2.05, 4.69) is 10.1 Å². The monoisotopic (exact) mass is 316 g/mol. The SMILES string of the molecule is COc1ccc(Cn2ncnc2C2CCC(N)CC2)cc1OC. The molecule has 0 aliphatic heterocycles. The van der Waals surface area contributed by atoms with E-state index < -0.39 is 0 Å². The molecule has 2 aromatic rings. The highest BCUT2D eigenvalue weighted by Gasteiger charge is 2.24. The quantitative estimate of drug-likeness (QED) is 0.916. The summed E-state index contributed by atoms with van der Waals surface area (Å²) in [5, 5.41) is 4.41. The lowest BCUT2D eigenvalue weighted by Gasteiger charge is -2.25. The van der Waals surface area contributed by atoms with E-state index in [0.29, 0.717) is 18.5 Å². The zero-order valence-electron chi connectivity index (χ0n) is 13.7. The maximum Gasteiger partial charge on any atom is 0.161 e. The fourth-order valence-corrected chi connectivity index (χ4v) is 3.24. The van der Waals surface area contributed by atoms with Crippen molar-refractivity contribution in [2.45, 2.75) is 44.2 Å². The molecule has 3 rings (SSSR count). The molecule has 0 atom stereocenters. The van der Waals surface area contributed by atoms with Gasteiger partial charge in [0.15, 0.2) is 11.5 Å². The maximum atomic E-state index is 6.00. The first-order chi connectivity index (χ1) is 11.2. The van der Waals surface area contributed by atoms with Crippen molar-refractivity contribution in [1.29, 1.82) is 0 Å². The maximum absolute atomic E-state index is 6.00. The Labute approximate surface area is 136 Å². The van der Waals surface area contributed by atoms with Crippen molar-refractivity contribution in [3.8, 4) is 11.5 Å². The van der Waals surface area contributed by atoms with Crippen molar-refractivity contribution in [3.05, 3.63) is 35.9 Å². The molecule has 6 nitrogen and oxygen atoms in total.